The maximum atomic E-state index is 4.55. The second kappa shape index (κ2) is 9.55. The van der Waals surface area contributed by atoms with Gasteiger partial charge in [-0.25, -0.2) is 9.97 Å². The summed E-state index contributed by atoms with van der Waals surface area (Å²) in [6.07, 6.45) is 14.9. The predicted molar refractivity (Wildman–Crippen MR) is 125 cm³/mol. The lowest BCUT2D eigenvalue weighted by Gasteiger charge is -2.11. The van der Waals surface area contributed by atoms with Crippen molar-refractivity contribution in [2.24, 2.45) is 0 Å². The van der Waals surface area contributed by atoms with Crippen molar-refractivity contribution in [1.29, 1.82) is 0 Å². The van der Waals surface area contributed by atoms with Gasteiger partial charge in [0.05, 0.1) is 60.7 Å². The molecule has 0 spiro atoms. The van der Waals surface area contributed by atoms with Crippen LogP contribution in [0, 0.1) is 0 Å². The van der Waals surface area contributed by atoms with Crippen LogP contribution in [0.5, 0.6) is 0 Å². The summed E-state index contributed by atoms with van der Waals surface area (Å²) in [5, 5.41) is 6.74. The van der Waals surface area contributed by atoms with Crippen LogP contribution in [0.2, 0.25) is 0 Å². The number of hydrogen-bond acceptors (Lipinski definition) is 8. The normalized spacial score (nSPS) is 16.8. The first-order chi connectivity index (χ1) is 16.2. The second-order valence-corrected chi connectivity index (χ2v) is 8.22. The summed E-state index contributed by atoms with van der Waals surface area (Å²) in [6.45, 7) is 3.19. The van der Waals surface area contributed by atoms with Crippen molar-refractivity contribution < 1.29 is 0 Å². The van der Waals surface area contributed by atoms with Crippen LogP contribution in [-0.4, -0.2) is 53.5 Å². The molecule has 0 aromatic carbocycles. The molecule has 0 amide bonds. The Morgan fingerprint density at radius 1 is 0.848 bits per heavy atom. The highest BCUT2D eigenvalue weighted by Crippen LogP contribution is 2.24. The van der Waals surface area contributed by atoms with Crippen molar-refractivity contribution in [3.63, 3.8) is 0 Å². The van der Waals surface area contributed by atoms with E-state index < -0.39 is 0 Å². The zero-order valence-electron chi connectivity index (χ0n) is 18.8. The fourth-order valence-electron chi connectivity index (χ4n) is 4.11. The molecule has 0 unspecified atom stereocenters. The van der Waals surface area contributed by atoms with E-state index in [2.05, 4.69) is 57.4 Å². The summed E-state index contributed by atoms with van der Waals surface area (Å²) in [5.74, 6) is 1.86. The van der Waals surface area contributed by atoms with Crippen LogP contribution in [0.4, 0.5) is 0 Å². The molecule has 33 heavy (non-hydrogen) atoms. The number of aromatic nitrogens is 8. The monoisotopic (exact) mass is 444 g/mol. The Labute approximate surface area is 192 Å². The van der Waals surface area contributed by atoms with Gasteiger partial charge in [-0.3, -0.25) is 19.9 Å². The van der Waals surface area contributed by atoms with Gasteiger partial charge in [0.2, 0.25) is 0 Å². The first-order valence-corrected chi connectivity index (χ1v) is 11.4. The number of nitrogens with one attached hydrogen (secondary N) is 4. The highest BCUT2D eigenvalue weighted by atomic mass is 15.0. The fourth-order valence-corrected chi connectivity index (χ4v) is 4.11. The summed E-state index contributed by atoms with van der Waals surface area (Å²) in [6, 6.07) is 0.492. The molecule has 10 heteroatoms. The minimum atomic E-state index is 0.199. The zero-order valence-corrected chi connectivity index (χ0v) is 18.8. The van der Waals surface area contributed by atoms with E-state index in [9.17, 15) is 0 Å². The van der Waals surface area contributed by atoms with Gasteiger partial charge >= 0.3 is 0 Å². The molecule has 5 heterocycles. The Balaban J connectivity index is 1.29. The molecule has 1 aliphatic rings. The molecule has 170 valence electrons. The van der Waals surface area contributed by atoms with E-state index in [4.69, 9.17) is 0 Å². The highest BCUT2D eigenvalue weighted by Gasteiger charge is 2.19. The van der Waals surface area contributed by atoms with E-state index in [1.54, 1.807) is 31.0 Å². The molecule has 0 bridgehead atoms. The molecule has 0 radical (unpaired) electrons. The Bertz CT molecular complexity index is 1170. The van der Waals surface area contributed by atoms with Crippen molar-refractivity contribution in [1.82, 2.24) is 50.5 Å². The first kappa shape index (κ1) is 21.4. The van der Waals surface area contributed by atoms with Crippen molar-refractivity contribution in [3.05, 3.63) is 48.8 Å². The van der Waals surface area contributed by atoms with Crippen molar-refractivity contribution in [2.75, 3.05) is 13.6 Å². The number of hydrogen-bond donors (Lipinski definition) is 4. The van der Waals surface area contributed by atoms with Crippen LogP contribution in [-0.2, 0) is 0 Å². The smallest absolute Gasteiger partial charge is 0.123 e. The summed E-state index contributed by atoms with van der Waals surface area (Å²) in [5.41, 5.74) is 4.51. The quantitative estimate of drug-likeness (QED) is 0.326. The van der Waals surface area contributed by atoms with Crippen molar-refractivity contribution in [3.8, 4) is 34.2 Å². The molecule has 4 N–H and O–H groups in total. The van der Waals surface area contributed by atoms with Crippen LogP contribution < -0.4 is 10.6 Å². The standard InChI is InChI=1S/C23H28N10/c1-3-5-14(24-2)22-30-12-20(32-22)18-10-26-16(8-28-18)17-9-29-19(11-27-17)21-13-31-23(33-21)15-6-4-7-25-15/h8-15,24-25H,3-7H2,1-2H3,(H,30,32)(H,31,33)/t14-,15-/m0/s1. The average molecular weight is 445 g/mol. The summed E-state index contributed by atoms with van der Waals surface area (Å²) < 4.78 is 0. The molecule has 2 atom stereocenters. The molecule has 1 saturated heterocycles. The number of rotatable bonds is 8. The van der Waals surface area contributed by atoms with E-state index >= 15 is 0 Å². The zero-order chi connectivity index (χ0) is 22.6. The second-order valence-electron chi connectivity index (χ2n) is 8.22. The minimum Gasteiger partial charge on any atom is -0.339 e. The molecule has 10 nitrogen and oxygen atoms in total. The Kier molecular flexibility index (Phi) is 6.18. The fraction of sp³-hybridized carbons (Fsp3) is 0.391. The van der Waals surface area contributed by atoms with Gasteiger partial charge in [0, 0.05) is 0 Å². The number of imidazole rings is 2. The Morgan fingerprint density at radius 2 is 1.48 bits per heavy atom. The predicted octanol–water partition coefficient (Wildman–Crippen LogP) is 3.20. The Morgan fingerprint density at radius 3 is 2.06 bits per heavy atom. The van der Waals surface area contributed by atoms with Crippen LogP contribution in [0.15, 0.2) is 37.2 Å². The largest absolute Gasteiger partial charge is 0.339 e. The average Bonchev–Trinajstić information content (AvgIpc) is 3.64. The number of nitrogens with zero attached hydrogens (tertiary/aromatic N) is 6. The first-order valence-electron chi connectivity index (χ1n) is 11.4. The number of H-pyrrole nitrogens is 2. The third kappa shape index (κ3) is 4.53. The van der Waals surface area contributed by atoms with Crippen molar-refractivity contribution >= 4 is 0 Å². The van der Waals surface area contributed by atoms with Gasteiger partial charge in [-0.1, -0.05) is 13.3 Å². The van der Waals surface area contributed by atoms with Gasteiger partial charge in [-0.05, 0) is 32.9 Å². The molecule has 5 rings (SSSR count). The maximum Gasteiger partial charge on any atom is 0.123 e. The topological polar surface area (TPSA) is 133 Å². The molecule has 1 fully saturated rings. The molecule has 1 aliphatic heterocycles. The lowest BCUT2D eigenvalue weighted by molar-refractivity contribution is 0.518. The van der Waals surface area contributed by atoms with Gasteiger partial charge in [0.15, 0.2) is 0 Å². The highest BCUT2D eigenvalue weighted by molar-refractivity contribution is 5.59. The van der Waals surface area contributed by atoms with Crippen LogP contribution in [0.1, 0.15) is 56.3 Å². The van der Waals surface area contributed by atoms with Gasteiger partial charge in [-0.2, -0.15) is 0 Å². The van der Waals surface area contributed by atoms with Gasteiger partial charge in [-0.15, -0.1) is 0 Å². The van der Waals surface area contributed by atoms with E-state index in [0.717, 1.165) is 60.2 Å². The summed E-state index contributed by atoms with van der Waals surface area (Å²) >= 11 is 0. The molecule has 0 aliphatic carbocycles. The summed E-state index contributed by atoms with van der Waals surface area (Å²) in [4.78, 5) is 33.9. The third-order valence-corrected chi connectivity index (χ3v) is 5.96. The SMILES string of the molecule is CCC[C@H](NC)c1ncc(-c2cnc(-c3cnc(-c4cnc([C@@H]5CCCN5)[nH]4)cn3)cn2)[nH]1. The van der Waals surface area contributed by atoms with Crippen LogP contribution >= 0.6 is 0 Å². The lowest BCUT2D eigenvalue weighted by Crippen LogP contribution is -2.17. The summed E-state index contributed by atoms with van der Waals surface area (Å²) in [7, 11) is 1.95. The lowest BCUT2D eigenvalue weighted by atomic mass is 10.1. The van der Waals surface area contributed by atoms with Gasteiger partial charge in [0.1, 0.15) is 34.4 Å². The van der Waals surface area contributed by atoms with Gasteiger partial charge in [0.25, 0.3) is 0 Å². The van der Waals surface area contributed by atoms with E-state index in [-0.39, 0.29) is 6.04 Å². The van der Waals surface area contributed by atoms with Crippen molar-refractivity contribution in [2.45, 2.75) is 44.7 Å². The molecule has 4 aromatic heterocycles. The van der Waals surface area contributed by atoms with E-state index in [0.29, 0.717) is 17.4 Å². The van der Waals surface area contributed by atoms with E-state index in [1.807, 2.05) is 13.2 Å². The van der Waals surface area contributed by atoms with Crippen LogP contribution in [0.3, 0.4) is 0 Å². The molecular formula is C23H28N10. The third-order valence-electron chi connectivity index (χ3n) is 5.96. The molecule has 0 saturated carbocycles. The maximum absolute atomic E-state index is 4.55. The minimum absolute atomic E-state index is 0.199. The molecule has 4 aromatic rings. The number of aromatic amines is 2. The van der Waals surface area contributed by atoms with Crippen LogP contribution in [0.25, 0.3) is 34.2 Å². The Hall–Kier alpha value is -3.50. The van der Waals surface area contributed by atoms with Gasteiger partial charge < -0.3 is 20.6 Å². The van der Waals surface area contributed by atoms with E-state index in [1.165, 1.54) is 6.42 Å². The molecular weight excluding hydrogens is 416 g/mol.